The summed E-state index contributed by atoms with van der Waals surface area (Å²) < 4.78 is 14.7. The molecule has 0 unspecified atom stereocenters. The molecule has 3 aromatic rings. The predicted octanol–water partition coefficient (Wildman–Crippen LogP) is 10.7. The van der Waals surface area contributed by atoms with Gasteiger partial charge in [0, 0.05) is 41.9 Å². The number of halogens is 1. The monoisotopic (exact) mass is 641 g/mol. The molecule has 1 fully saturated rings. The molecule has 0 atom stereocenters. The van der Waals surface area contributed by atoms with Crippen LogP contribution in [0.1, 0.15) is 90.8 Å². The van der Waals surface area contributed by atoms with Gasteiger partial charge in [0.25, 0.3) is 0 Å². The topological polar surface area (TPSA) is 39.5 Å². The van der Waals surface area contributed by atoms with E-state index in [0.29, 0.717) is 5.92 Å². The van der Waals surface area contributed by atoms with E-state index in [1.807, 2.05) is 12.2 Å². The minimum atomic E-state index is 0.598. The number of benzene rings is 2. The maximum Gasteiger partial charge on any atom is 0.127 e. The van der Waals surface area contributed by atoms with Crippen molar-refractivity contribution in [3.8, 4) is 28.4 Å². The third-order valence-corrected chi connectivity index (χ3v) is 9.57. The van der Waals surface area contributed by atoms with Crippen LogP contribution in [0.2, 0.25) is 0 Å². The number of aromatic nitrogens is 2. The zero-order chi connectivity index (χ0) is 32.1. The van der Waals surface area contributed by atoms with E-state index in [4.69, 9.17) is 26.1 Å². The molecule has 0 aliphatic heterocycles. The van der Waals surface area contributed by atoms with Crippen LogP contribution in [-0.4, -0.2) is 40.7 Å². The Kier molecular flexibility index (Phi) is 13.0. The molecule has 0 bridgehead atoms. The smallest absolute Gasteiger partial charge is 0.127 e. The van der Waals surface area contributed by atoms with Crippen molar-refractivity contribution in [3.05, 3.63) is 95.1 Å². The van der Waals surface area contributed by atoms with Crippen molar-refractivity contribution < 1.29 is 9.47 Å². The van der Waals surface area contributed by atoms with E-state index in [0.717, 1.165) is 103 Å². The Hall–Kier alpha value is -3.28. The van der Waals surface area contributed by atoms with Crippen molar-refractivity contribution in [1.82, 2.24) is 14.5 Å². The fraction of sp³-hybridized carbons (Fsp3) is 0.475. The zero-order valence-electron chi connectivity index (χ0n) is 28.1. The number of unbranched alkanes of at least 4 members (excludes halogenated alkanes) is 1. The third kappa shape index (κ3) is 9.62. The van der Waals surface area contributed by atoms with Crippen LogP contribution in [0.15, 0.2) is 89.3 Å². The molecule has 0 spiro atoms. The number of allylic oxidation sites excluding steroid dienone is 5. The molecular formula is C40H52ClN3O2. The second kappa shape index (κ2) is 17.6. The lowest BCUT2D eigenvalue weighted by Crippen LogP contribution is -2.25. The van der Waals surface area contributed by atoms with Gasteiger partial charge in [0.2, 0.25) is 0 Å². The highest BCUT2D eigenvalue weighted by molar-refractivity contribution is 6.31. The maximum absolute atomic E-state index is 6.55. The van der Waals surface area contributed by atoms with E-state index in [1.54, 1.807) is 0 Å². The summed E-state index contributed by atoms with van der Waals surface area (Å²) in [5.74, 6) is 4.36. The highest BCUT2D eigenvalue weighted by Gasteiger charge is 2.20. The van der Waals surface area contributed by atoms with Crippen molar-refractivity contribution >= 4 is 11.6 Å². The molecule has 6 heteroatoms. The van der Waals surface area contributed by atoms with Gasteiger partial charge in [0.1, 0.15) is 23.1 Å². The van der Waals surface area contributed by atoms with Crippen LogP contribution in [0, 0.1) is 5.92 Å². The van der Waals surface area contributed by atoms with Crippen LogP contribution in [0.3, 0.4) is 0 Å². The average molecular weight is 642 g/mol. The maximum atomic E-state index is 6.55. The van der Waals surface area contributed by atoms with E-state index in [9.17, 15) is 0 Å². The minimum Gasteiger partial charge on any atom is -0.494 e. The predicted molar refractivity (Wildman–Crippen MR) is 192 cm³/mol. The van der Waals surface area contributed by atoms with Crippen molar-refractivity contribution in [1.29, 1.82) is 0 Å². The summed E-state index contributed by atoms with van der Waals surface area (Å²) in [6.07, 6.45) is 21.1. The molecule has 1 saturated carbocycles. The first-order valence-electron chi connectivity index (χ1n) is 17.6. The second-order valence-electron chi connectivity index (χ2n) is 12.6. The minimum absolute atomic E-state index is 0.598. The number of hydrogen-bond donors (Lipinski definition) is 0. The fourth-order valence-corrected chi connectivity index (χ4v) is 6.75. The molecule has 2 aliphatic carbocycles. The van der Waals surface area contributed by atoms with Gasteiger partial charge >= 0.3 is 0 Å². The average Bonchev–Trinajstić information content (AvgIpc) is 3.20. The zero-order valence-corrected chi connectivity index (χ0v) is 28.9. The first-order chi connectivity index (χ1) is 22.6. The number of ether oxygens (including phenoxy) is 2. The van der Waals surface area contributed by atoms with Gasteiger partial charge in [0.15, 0.2) is 0 Å². The van der Waals surface area contributed by atoms with Crippen molar-refractivity contribution in [2.45, 2.75) is 91.4 Å². The molecule has 2 aliphatic rings. The highest BCUT2D eigenvalue weighted by Crippen LogP contribution is 2.35. The molecule has 246 valence electrons. The first-order valence-corrected chi connectivity index (χ1v) is 18.0. The Morgan fingerprint density at radius 3 is 2.28 bits per heavy atom. The summed E-state index contributed by atoms with van der Waals surface area (Å²) in [4.78, 5) is 7.51. The third-order valence-electron chi connectivity index (χ3n) is 9.34. The van der Waals surface area contributed by atoms with Gasteiger partial charge in [0.05, 0.1) is 12.3 Å². The molecule has 0 saturated heterocycles. The molecular weight excluding hydrogens is 590 g/mol. The number of rotatable bonds is 15. The molecule has 0 radical (unpaired) electrons. The van der Waals surface area contributed by atoms with Gasteiger partial charge < -0.3 is 18.9 Å². The largest absolute Gasteiger partial charge is 0.494 e. The molecule has 0 N–H and O–H groups in total. The SMILES string of the molecule is CCCCc1nc(-c2ccc(OCCCN(CC)CC)cc2)cn1-c1ccc(OC2=CC=C(Cl)C=C(C3CCCCCC3)C2)cc1. The highest BCUT2D eigenvalue weighted by atomic mass is 35.5. The molecule has 1 aromatic heterocycles. The lowest BCUT2D eigenvalue weighted by molar-refractivity contribution is 0.249. The van der Waals surface area contributed by atoms with Crippen LogP contribution in [0.25, 0.3) is 16.9 Å². The van der Waals surface area contributed by atoms with Gasteiger partial charge in [-0.15, -0.1) is 0 Å². The fourth-order valence-electron chi connectivity index (χ4n) is 6.55. The van der Waals surface area contributed by atoms with E-state index in [2.05, 4.69) is 91.0 Å². The number of aryl methyl sites for hydroxylation is 1. The van der Waals surface area contributed by atoms with Crippen molar-refractivity contribution in [3.63, 3.8) is 0 Å². The molecule has 0 amide bonds. The van der Waals surface area contributed by atoms with E-state index >= 15 is 0 Å². The molecule has 5 rings (SSSR count). The quantitative estimate of drug-likeness (QED) is 0.122. The Morgan fingerprint density at radius 2 is 1.59 bits per heavy atom. The molecule has 5 nitrogen and oxygen atoms in total. The van der Waals surface area contributed by atoms with Crippen LogP contribution in [0.5, 0.6) is 11.5 Å². The molecule has 1 heterocycles. The van der Waals surface area contributed by atoms with Gasteiger partial charge in [-0.05, 0) is 111 Å². The van der Waals surface area contributed by atoms with E-state index in [1.165, 1.54) is 44.1 Å². The van der Waals surface area contributed by atoms with Crippen LogP contribution < -0.4 is 9.47 Å². The number of imidazole rings is 1. The van der Waals surface area contributed by atoms with Crippen molar-refractivity contribution in [2.24, 2.45) is 5.92 Å². The first kappa shape index (κ1) is 34.1. The number of hydrogen-bond acceptors (Lipinski definition) is 4. The Morgan fingerprint density at radius 1 is 0.870 bits per heavy atom. The van der Waals surface area contributed by atoms with Crippen molar-refractivity contribution in [2.75, 3.05) is 26.2 Å². The van der Waals surface area contributed by atoms with E-state index in [-0.39, 0.29) is 0 Å². The molecule has 46 heavy (non-hydrogen) atoms. The lowest BCUT2D eigenvalue weighted by atomic mass is 9.89. The lowest BCUT2D eigenvalue weighted by Gasteiger charge is -2.20. The summed E-state index contributed by atoms with van der Waals surface area (Å²) in [5.41, 5.74) is 4.56. The van der Waals surface area contributed by atoms with Crippen LogP contribution >= 0.6 is 11.6 Å². The summed E-state index contributed by atoms with van der Waals surface area (Å²) >= 11 is 6.55. The molecule has 2 aromatic carbocycles. The van der Waals surface area contributed by atoms with Gasteiger partial charge in [-0.25, -0.2) is 4.98 Å². The van der Waals surface area contributed by atoms with E-state index < -0.39 is 0 Å². The normalized spacial score (nSPS) is 16.0. The standard InChI is InChI=1S/C40H52ClN3O2/c1-4-7-15-40-42-39(32-16-21-36(22-17-32)45-27-12-26-43(5-2)6-3)30-44(40)35-19-24-37(25-20-35)46-38-23-18-34(41)28-33(29-38)31-13-10-8-9-11-14-31/h16-25,28,30-31H,4-15,26-27,29H2,1-3H3. The number of nitrogens with zero attached hydrogens (tertiary/aromatic N) is 3. The summed E-state index contributed by atoms with van der Waals surface area (Å²) in [5, 5.41) is 0.789. The van der Waals surface area contributed by atoms with Gasteiger partial charge in [-0.1, -0.05) is 70.0 Å². The Balaban J connectivity index is 1.25. The van der Waals surface area contributed by atoms with Gasteiger partial charge in [-0.3, -0.25) is 0 Å². The van der Waals surface area contributed by atoms with Crippen LogP contribution in [0.4, 0.5) is 0 Å². The van der Waals surface area contributed by atoms with Crippen LogP contribution in [-0.2, 0) is 6.42 Å². The second-order valence-corrected chi connectivity index (χ2v) is 13.1. The Bertz CT molecular complexity index is 1460. The summed E-state index contributed by atoms with van der Waals surface area (Å²) in [6, 6.07) is 16.8. The summed E-state index contributed by atoms with van der Waals surface area (Å²) in [6.45, 7) is 10.6. The van der Waals surface area contributed by atoms with Gasteiger partial charge in [-0.2, -0.15) is 0 Å². The summed E-state index contributed by atoms with van der Waals surface area (Å²) in [7, 11) is 0. The Labute approximate surface area is 282 Å².